The van der Waals surface area contributed by atoms with Crippen molar-refractivity contribution in [2.45, 2.75) is 32.1 Å². The number of benzene rings is 1. The Morgan fingerprint density at radius 2 is 2.17 bits per heavy atom. The predicted molar refractivity (Wildman–Crippen MR) is 90.9 cm³/mol. The zero-order valence-corrected chi connectivity index (χ0v) is 14.1. The van der Waals surface area contributed by atoms with Crippen molar-refractivity contribution in [3.05, 3.63) is 35.7 Å². The van der Waals surface area contributed by atoms with Gasteiger partial charge >= 0.3 is 5.97 Å². The molecule has 7 heteroatoms. The van der Waals surface area contributed by atoms with Crippen molar-refractivity contribution in [3.63, 3.8) is 0 Å². The van der Waals surface area contributed by atoms with Gasteiger partial charge in [0, 0.05) is 18.2 Å². The fourth-order valence-electron chi connectivity index (χ4n) is 2.16. The number of hydrogen-bond donors (Lipinski definition) is 3. The Balaban J connectivity index is 1.69. The second-order valence-corrected chi connectivity index (χ2v) is 6.79. The monoisotopic (exact) mass is 341 g/mol. The van der Waals surface area contributed by atoms with Crippen molar-refractivity contribution in [2.24, 2.45) is 0 Å². The molecule has 1 unspecified atom stereocenters. The molecule has 0 amide bonds. The molecule has 0 aromatic heterocycles. The van der Waals surface area contributed by atoms with Crippen LogP contribution in [0.1, 0.15) is 37.7 Å². The summed E-state index contributed by atoms with van der Waals surface area (Å²) in [5.74, 6) is 1.56. The molecule has 1 aromatic carbocycles. The number of carbonyl (C=O) groups is 1. The molecule has 1 atom stereocenters. The molecule has 2 rings (SSSR count). The van der Waals surface area contributed by atoms with Crippen LogP contribution in [0.4, 0.5) is 0 Å². The lowest BCUT2D eigenvalue weighted by atomic mass is 10.2. The lowest BCUT2D eigenvalue weighted by molar-refractivity contribution is -0.137. The molecule has 23 heavy (non-hydrogen) atoms. The molecule has 1 saturated heterocycles. The van der Waals surface area contributed by atoms with E-state index < -0.39 is 17.3 Å². The normalized spacial score (nSPS) is 20.0. The minimum absolute atomic E-state index is 0.250. The zero-order chi connectivity index (χ0) is 16.5. The molecule has 1 heterocycles. The Morgan fingerprint density at radius 3 is 2.96 bits per heavy atom. The van der Waals surface area contributed by atoms with Crippen LogP contribution in [0.5, 0.6) is 5.75 Å². The van der Waals surface area contributed by atoms with Crippen LogP contribution in [0.25, 0.3) is 6.08 Å². The second kappa shape index (κ2) is 9.32. The fourth-order valence-corrected chi connectivity index (χ4v) is 3.42. The van der Waals surface area contributed by atoms with Gasteiger partial charge in [-0.25, -0.2) is 0 Å². The van der Waals surface area contributed by atoms with Crippen LogP contribution >= 0.6 is 11.4 Å². The molecule has 1 fully saturated rings. The molecule has 0 bridgehead atoms. The number of carboxylic acids is 1. The lowest BCUT2D eigenvalue weighted by Gasteiger charge is -2.09. The van der Waals surface area contributed by atoms with Crippen LogP contribution in [-0.2, 0) is 14.0 Å². The fraction of sp³-hybridized carbons (Fsp3) is 0.438. The van der Waals surface area contributed by atoms with E-state index in [4.69, 9.17) is 19.1 Å². The second-order valence-electron chi connectivity index (χ2n) is 5.21. The van der Waals surface area contributed by atoms with Gasteiger partial charge in [-0.15, -0.1) is 4.33 Å². The van der Waals surface area contributed by atoms with Gasteiger partial charge in [-0.3, -0.25) is 9.52 Å². The standard InChI is InChI=1S/C16H23NO5S/c1-20-14-8-6-7-13(11-14)12-15-17-23(22-21-15)10-5-3-2-4-9-16(18)19/h6-8,11-12,17,23H,2-5,9-10H2,1H3,(H,18,19)/b15-12-. The van der Waals surface area contributed by atoms with Gasteiger partial charge in [0.05, 0.1) is 7.11 Å². The van der Waals surface area contributed by atoms with Crippen molar-refractivity contribution in [2.75, 3.05) is 12.9 Å². The molecule has 1 aliphatic rings. The maximum atomic E-state index is 10.4. The Labute approximate surface area is 139 Å². The third kappa shape index (κ3) is 6.42. The SMILES string of the molecule is COc1cccc(/C=C2/N[SH](CCCCCCC(=O)O)OO2)c1. The van der Waals surface area contributed by atoms with E-state index in [0.29, 0.717) is 5.88 Å². The Bertz CT molecular complexity index is 549. The van der Waals surface area contributed by atoms with Crippen LogP contribution < -0.4 is 9.46 Å². The average molecular weight is 341 g/mol. The largest absolute Gasteiger partial charge is 0.497 e. The summed E-state index contributed by atoms with van der Waals surface area (Å²) in [5.41, 5.74) is 0.973. The van der Waals surface area contributed by atoms with Crippen molar-refractivity contribution in [1.82, 2.24) is 4.72 Å². The van der Waals surface area contributed by atoms with E-state index in [2.05, 4.69) is 4.72 Å². The highest BCUT2D eigenvalue weighted by Crippen LogP contribution is 2.33. The number of ether oxygens (including phenoxy) is 1. The first-order valence-corrected chi connectivity index (χ1v) is 9.08. The molecule has 128 valence electrons. The Morgan fingerprint density at radius 1 is 1.35 bits per heavy atom. The van der Waals surface area contributed by atoms with E-state index in [1.807, 2.05) is 30.3 Å². The smallest absolute Gasteiger partial charge is 0.303 e. The maximum Gasteiger partial charge on any atom is 0.303 e. The predicted octanol–water partition coefficient (Wildman–Crippen LogP) is 3.41. The third-order valence-corrected chi connectivity index (χ3v) is 4.79. The van der Waals surface area contributed by atoms with E-state index in [0.717, 1.165) is 42.7 Å². The minimum Gasteiger partial charge on any atom is -0.497 e. The minimum atomic E-state index is -0.813. The highest BCUT2D eigenvalue weighted by Gasteiger charge is 2.17. The Hall–Kier alpha value is -1.86. The number of rotatable bonds is 9. The molecule has 6 nitrogen and oxygen atoms in total. The quantitative estimate of drug-likeness (QED) is 0.363. The molecule has 0 spiro atoms. The summed E-state index contributed by atoms with van der Waals surface area (Å²) in [6.07, 6.45) is 5.79. The number of aliphatic carboxylic acids is 1. The first-order valence-electron chi connectivity index (χ1n) is 7.64. The molecular formula is C16H23NO5S. The van der Waals surface area contributed by atoms with Crippen LogP contribution in [0, 0.1) is 0 Å². The first-order chi connectivity index (χ1) is 11.2. The topological polar surface area (TPSA) is 77.0 Å². The number of nitrogens with one attached hydrogen (secondary N) is 1. The van der Waals surface area contributed by atoms with Gasteiger partial charge in [0.15, 0.2) is 0 Å². The van der Waals surface area contributed by atoms with Crippen LogP contribution in [0.15, 0.2) is 30.1 Å². The molecular weight excluding hydrogens is 318 g/mol. The van der Waals surface area contributed by atoms with E-state index in [-0.39, 0.29) is 6.42 Å². The van der Waals surface area contributed by atoms with Gasteiger partial charge in [0.25, 0.3) is 0 Å². The molecule has 0 radical (unpaired) electrons. The summed E-state index contributed by atoms with van der Waals surface area (Å²) in [6, 6.07) is 7.68. The molecule has 2 N–H and O–H groups in total. The summed E-state index contributed by atoms with van der Waals surface area (Å²) in [7, 11) is 1.63. The van der Waals surface area contributed by atoms with Crippen LogP contribution in [-0.4, -0.2) is 23.9 Å². The van der Waals surface area contributed by atoms with E-state index in [9.17, 15) is 4.79 Å². The van der Waals surface area contributed by atoms with Gasteiger partial charge in [0.2, 0.25) is 5.88 Å². The van der Waals surface area contributed by atoms with Gasteiger partial charge in [0.1, 0.15) is 5.75 Å². The van der Waals surface area contributed by atoms with E-state index >= 15 is 0 Å². The number of unbranched alkanes of at least 4 members (excludes halogenated alkanes) is 3. The molecule has 1 aromatic rings. The molecule has 0 saturated carbocycles. The third-order valence-electron chi connectivity index (χ3n) is 3.35. The van der Waals surface area contributed by atoms with E-state index in [1.165, 1.54) is 0 Å². The Kier molecular flexibility index (Phi) is 7.09. The van der Waals surface area contributed by atoms with Crippen LogP contribution in [0.3, 0.4) is 0 Å². The lowest BCUT2D eigenvalue weighted by Crippen LogP contribution is -2.03. The first kappa shape index (κ1) is 17.5. The summed E-state index contributed by atoms with van der Waals surface area (Å²) >= 11 is -0.813. The number of carboxylic acid groups (broad SMARTS) is 1. The number of thiol groups is 1. The van der Waals surface area contributed by atoms with Crippen molar-refractivity contribution in [3.8, 4) is 5.75 Å². The maximum absolute atomic E-state index is 10.4. The van der Waals surface area contributed by atoms with Gasteiger partial charge in [-0.05, 0) is 41.9 Å². The highest BCUT2D eigenvalue weighted by molar-refractivity contribution is 8.11. The summed E-state index contributed by atoms with van der Waals surface area (Å²) in [6.45, 7) is 0. The van der Waals surface area contributed by atoms with Crippen molar-refractivity contribution < 1.29 is 23.9 Å². The van der Waals surface area contributed by atoms with Gasteiger partial charge < -0.3 is 14.7 Å². The highest BCUT2D eigenvalue weighted by atomic mass is 32.2. The van der Waals surface area contributed by atoms with Crippen molar-refractivity contribution in [1.29, 1.82) is 0 Å². The number of hydrogen-bond acceptors (Lipinski definition) is 5. The van der Waals surface area contributed by atoms with Gasteiger partial charge in [-0.1, -0.05) is 25.0 Å². The molecule has 0 aliphatic carbocycles. The summed E-state index contributed by atoms with van der Waals surface area (Å²) in [4.78, 5) is 15.6. The van der Waals surface area contributed by atoms with E-state index in [1.54, 1.807) is 7.11 Å². The van der Waals surface area contributed by atoms with Gasteiger partial charge in [-0.2, -0.15) is 0 Å². The number of methoxy groups -OCH3 is 1. The van der Waals surface area contributed by atoms with Crippen molar-refractivity contribution >= 4 is 23.4 Å². The zero-order valence-electron chi connectivity index (χ0n) is 13.2. The summed E-state index contributed by atoms with van der Waals surface area (Å²) < 4.78 is 13.7. The molecule has 1 aliphatic heterocycles. The summed E-state index contributed by atoms with van der Waals surface area (Å²) in [5, 5.41) is 8.57. The van der Waals surface area contributed by atoms with Crippen LogP contribution in [0.2, 0.25) is 0 Å². The average Bonchev–Trinajstić information content (AvgIpc) is 2.98.